The largest absolute Gasteiger partial charge is 0.393 e. The van der Waals surface area contributed by atoms with Gasteiger partial charge in [-0.2, -0.15) is 0 Å². The summed E-state index contributed by atoms with van der Waals surface area (Å²) < 4.78 is 33.2. The van der Waals surface area contributed by atoms with E-state index in [0.717, 1.165) is 24.8 Å². The van der Waals surface area contributed by atoms with Crippen molar-refractivity contribution in [1.29, 1.82) is 0 Å². The standard InChI is InChI=1S/C14H18N2O3S2/c15-14(20)7-9-1-4-11(5-2-9)21(17,18)16-12-8-10-3-6-13(12)19-10/h1-2,4-5,10,12-13,16H,3,6-8H2,(H2,15,20). The van der Waals surface area contributed by atoms with Gasteiger partial charge in [0, 0.05) is 6.42 Å². The topological polar surface area (TPSA) is 81.4 Å². The summed E-state index contributed by atoms with van der Waals surface area (Å²) in [6.45, 7) is 0. The molecule has 0 radical (unpaired) electrons. The first-order valence-corrected chi connectivity index (χ1v) is 8.88. The van der Waals surface area contributed by atoms with Gasteiger partial charge in [0.25, 0.3) is 0 Å². The zero-order chi connectivity index (χ0) is 15.0. The highest BCUT2D eigenvalue weighted by Gasteiger charge is 2.42. The van der Waals surface area contributed by atoms with Crippen molar-refractivity contribution < 1.29 is 13.2 Å². The third-order valence-corrected chi connectivity index (χ3v) is 5.67. The summed E-state index contributed by atoms with van der Waals surface area (Å²) in [5, 5.41) is 0. The van der Waals surface area contributed by atoms with Crippen LogP contribution in [0.25, 0.3) is 0 Å². The van der Waals surface area contributed by atoms with E-state index in [-0.39, 0.29) is 23.1 Å². The Hall–Kier alpha value is -1.02. The van der Waals surface area contributed by atoms with Gasteiger partial charge in [-0.05, 0) is 37.0 Å². The molecule has 3 atom stereocenters. The molecule has 0 amide bonds. The van der Waals surface area contributed by atoms with Gasteiger partial charge in [0.15, 0.2) is 0 Å². The molecule has 2 fully saturated rings. The molecule has 0 saturated carbocycles. The summed E-state index contributed by atoms with van der Waals surface area (Å²) in [5.41, 5.74) is 6.39. The molecule has 7 heteroatoms. The molecule has 2 aliphatic heterocycles. The first kappa shape index (κ1) is 14.9. The zero-order valence-electron chi connectivity index (χ0n) is 11.5. The molecule has 2 saturated heterocycles. The van der Waals surface area contributed by atoms with Crippen molar-refractivity contribution in [3.63, 3.8) is 0 Å². The van der Waals surface area contributed by atoms with Gasteiger partial charge in [-0.15, -0.1) is 0 Å². The maximum Gasteiger partial charge on any atom is 0.240 e. The van der Waals surface area contributed by atoms with Crippen molar-refractivity contribution in [2.24, 2.45) is 5.73 Å². The third-order valence-electron chi connectivity index (χ3n) is 4.02. The Kier molecular flexibility index (Phi) is 4.00. The molecule has 2 heterocycles. The summed E-state index contributed by atoms with van der Waals surface area (Å²) in [6, 6.07) is 6.55. The van der Waals surface area contributed by atoms with E-state index >= 15 is 0 Å². The Labute approximate surface area is 129 Å². The van der Waals surface area contributed by atoms with E-state index in [0.29, 0.717) is 11.4 Å². The number of nitrogens with one attached hydrogen (secondary N) is 1. The van der Waals surface area contributed by atoms with Crippen molar-refractivity contribution in [2.45, 2.75) is 48.8 Å². The van der Waals surface area contributed by atoms with E-state index < -0.39 is 10.0 Å². The highest BCUT2D eigenvalue weighted by Crippen LogP contribution is 2.35. The fraction of sp³-hybridized carbons (Fsp3) is 0.500. The second-order valence-corrected chi connectivity index (χ2v) is 7.86. The molecule has 1 aromatic carbocycles. The number of rotatable bonds is 5. The first-order valence-electron chi connectivity index (χ1n) is 6.99. The number of benzene rings is 1. The summed E-state index contributed by atoms with van der Waals surface area (Å²) in [7, 11) is -3.51. The minimum Gasteiger partial charge on any atom is -0.393 e. The van der Waals surface area contributed by atoms with Crippen LogP contribution in [0.15, 0.2) is 29.2 Å². The van der Waals surface area contributed by atoms with Crippen LogP contribution in [-0.4, -0.2) is 31.7 Å². The minimum absolute atomic E-state index is 0.0265. The summed E-state index contributed by atoms with van der Waals surface area (Å²) in [4.78, 5) is 0.653. The lowest BCUT2D eigenvalue weighted by molar-refractivity contribution is 0.0996. The number of thiocarbonyl (C=S) groups is 1. The van der Waals surface area contributed by atoms with Crippen LogP contribution in [0.3, 0.4) is 0 Å². The Morgan fingerprint density at radius 3 is 2.57 bits per heavy atom. The molecule has 5 nitrogen and oxygen atoms in total. The second kappa shape index (κ2) is 5.64. The molecule has 2 bridgehead atoms. The lowest BCUT2D eigenvalue weighted by Gasteiger charge is -2.20. The molecule has 1 aromatic rings. The van der Waals surface area contributed by atoms with Gasteiger partial charge in [0.05, 0.1) is 28.1 Å². The van der Waals surface area contributed by atoms with Crippen molar-refractivity contribution in [2.75, 3.05) is 0 Å². The molecule has 3 unspecified atom stereocenters. The number of ether oxygens (including phenoxy) is 1. The normalized spacial score (nSPS) is 27.9. The maximum atomic E-state index is 12.4. The molecular formula is C14H18N2O3S2. The van der Waals surface area contributed by atoms with Gasteiger partial charge in [0.2, 0.25) is 10.0 Å². The average molecular weight is 326 g/mol. The van der Waals surface area contributed by atoms with Crippen LogP contribution in [0.2, 0.25) is 0 Å². The minimum atomic E-state index is -3.51. The van der Waals surface area contributed by atoms with Crippen LogP contribution in [0.4, 0.5) is 0 Å². The number of sulfonamides is 1. The Bertz CT molecular complexity index is 643. The molecule has 3 rings (SSSR count). The van der Waals surface area contributed by atoms with Gasteiger partial charge >= 0.3 is 0 Å². The van der Waals surface area contributed by atoms with E-state index in [4.69, 9.17) is 22.7 Å². The van der Waals surface area contributed by atoms with Crippen molar-refractivity contribution in [1.82, 2.24) is 4.72 Å². The fourth-order valence-electron chi connectivity index (χ4n) is 3.02. The zero-order valence-corrected chi connectivity index (χ0v) is 13.1. The SMILES string of the molecule is NC(=S)Cc1ccc(S(=O)(=O)NC2CC3CCC2O3)cc1. The molecule has 0 spiro atoms. The van der Waals surface area contributed by atoms with Gasteiger partial charge in [-0.25, -0.2) is 13.1 Å². The molecule has 0 aromatic heterocycles. The van der Waals surface area contributed by atoms with E-state index in [9.17, 15) is 8.42 Å². The predicted octanol–water partition coefficient (Wildman–Crippen LogP) is 1.11. The molecular weight excluding hydrogens is 308 g/mol. The Morgan fingerprint density at radius 1 is 1.33 bits per heavy atom. The van der Waals surface area contributed by atoms with E-state index in [1.54, 1.807) is 24.3 Å². The Morgan fingerprint density at radius 2 is 2.05 bits per heavy atom. The van der Waals surface area contributed by atoms with Crippen LogP contribution < -0.4 is 10.5 Å². The predicted molar refractivity (Wildman–Crippen MR) is 83.6 cm³/mol. The monoisotopic (exact) mass is 326 g/mol. The van der Waals surface area contributed by atoms with Crippen molar-refractivity contribution >= 4 is 27.2 Å². The van der Waals surface area contributed by atoms with E-state index in [1.165, 1.54) is 0 Å². The molecule has 114 valence electrons. The number of hydrogen-bond donors (Lipinski definition) is 2. The fourth-order valence-corrected chi connectivity index (χ4v) is 4.46. The molecule has 3 N–H and O–H groups in total. The van der Waals surface area contributed by atoms with Crippen LogP contribution in [0.1, 0.15) is 24.8 Å². The number of hydrogen-bond acceptors (Lipinski definition) is 4. The second-order valence-electron chi connectivity index (χ2n) is 5.62. The molecule has 0 aliphatic carbocycles. The van der Waals surface area contributed by atoms with Gasteiger partial charge in [-0.1, -0.05) is 24.4 Å². The van der Waals surface area contributed by atoms with Crippen LogP contribution >= 0.6 is 12.2 Å². The smallest absolute Gasteiger partial charge is 0.240 e. The Balaban J connectivity index is 1.71. The van der Waals surface area contributed by atoms with Gasteiger partial charge in [0.1, 0.15) is 0 Å². The third kappa shape index (κ3) is 3.26. The van der Waals surface area contributed by atoms with Crippen LogP contribution in [0.5, 0.6) is 0 Å². The molecule has 21 heavy (non-hydrogen) atoms. The molecule has 2 aliphatic rings. The lowest BCUT2D eigenvalue weighted by atomic mass is 9.96. The van der Waals surface area contributed by atoms with Gasteiger partial charge in [-0.3, -0.25) is 0 Å². The number of nitrogens with two attached hydrogens (primary N) is 1. The summed E-state index contributed by atoms with van der Waals surface area (Å²) >= 11 is 4.84. The summed E-state index contributed by atoms with van der Waals surface area (Å²) in [5.74, 6) is 0. The van der Waals surface area contributed by atoms with E-state index in [1.807, 2.05) is 0 Å². The number of fused-ring (bicyclic) bond motifs is 2. The average Bonchev–Trinajstić information content (AvgIpc) is 3.00. The van der Waals surface area contributed by atoms with Crippen LogP contribution in [-0.2, 0) is 21.2 Å². The highest BCUT2D eigenvalue weighted by atomic mass is 32.2. The first-order chi connectivity index (χ1) is 9.94. The lowest BCUT2D eigenvalue weighted by Crippen LogP contribution is -2.41. The highest BCUT2D eigenvalue weighted by molar-refractivity contribution is 7.89. The van der Waals surface area contributed by atoms with Crippen molar-refractivity contribution in [3.8, 4) is 0 Å². The van der Waals surface area contributed by atoms with Crippen LogP contribution in [0, 0.1) is 0 Å². The quantitative estimate of drug-likeness (QED) is 0.792. The summed E-state index contributed by atoms with van der Waals surface area (Å²) in [6.07, 6.45) is 3.46. The van der Waals surface area contributed by atoms with Gasteiger partial charge < -0.3 is 10.5 Å². The maximum absolute atomic E-state index is 12.4. The van der Waals surface area contributed by atoms with Crippen molar-refractivity contribution in [3.05, 3.63) is 29.8 Å². The van der Waals surface area contributed by atoms with E-state index in [2.05, 4.69) is 4.72 Å².